The molecule has 0 aromatic heterocycles. The summed E-state index contributed by atoms with van der Waals surface area (Å²) in [5, 5.41) is 3.15. The van der Waals surface area contributed by atoms with Crippen LogP contribution < -0.4 is 11.1 Å². The molecule has 0 heterocycles. The molecular formula is C13H12BrFN2. The summed E-state index contributed by atoms with van der Waals surface area (Å²) < 4.78 is 14.0. The van der Waals surface area contributed by atoms with Gasteiger partial charge in [-0.25, -0.2) is 4.39 Å². The molecule has 0 aliphatic rings. The van der Waals surface area contributed by atoms with Crippen molar-refractivity contribution in [3.05, 3.63) is 52.3 Å². The first-order valence-electron chi connectivity index (χ1n) is 5.14. The molecular weight excluding hydrogens is 283 g/mol. The minimum atomic E-state index is -0.209. The zero-order chi connectivity index (χ0) is 12.4. The van der Waals surface area contributed by atoms with Crippen molar-refractivity contribution < 1.29 is 4.39 Å². The molecule has 88 valence electrons. The number of hydrogen-bond donors (Lipinski definition) is 2. The number of rotatable bonds is 2. The van der Waals surface area contributed by atoms with Crippen molar-refractivity contribution in [3.8, 4) is 0 Å². The van der Waals surface area contributed by atoms with Crippen LogP contribution in [0.5, 0.6) is 0 Å². The van der Waals surface area contributed by atoms with Crippen LogP contribution in [0, 0.1) is 12.7 Å². The minimum Gasteiger partial charge on any atom is -0.397 e. The zero-order valence-corrected chi connectivity index (χ0v) is 10.9. The van der Waals surface area contributed by atoms with Crippen molar-refractivity contribution in [3.63, 3.8) is 0 Å². The predicted octanol–water partition coefficient (Wildman–Crippen LogP) is 4.22. The molecule has 0 saturated heterocycles. The van der Waals surface area contributed by atoms with E-state index in [1.54, 1.807) is 19.1 Å². The average Bonchev–Trinajstić information content (AvgIpc) is 2.27. The summed E-state index contributed by atoms with van der Waals surface area (Å²) in [6.45, 7) is 1.73. The average molecular weight is 295 g/mol. The first kappa shape index (κ1) is 11.9. The smallest absolute Gasteiger partial charge is 0.126 e. The topological polar surface area (TPSA) is 38.0 Å². The SMILES string of the molecule is Cc1cc(Nc2ccc(Br)cc2N)ccc1F. The van der Waals surface area contributed by atoms with Gasteiger partial charge >= 0.3 is 0 Å². The van der Waals surface area contributed by atoms with E-state index in [9.17, 15) is 4.39 Å². The lowest BCUT2D eigenvalue weighted by molar-refractivity contribution is 0.619. The van der Waals surface area contributed by atoms with Gasteiger partial charge in [0.2, 0.25) is 0 Å². The molecule has 0 unspecified atom stereocenters. The van der Waals surface area contributed by atoms with Crippen LogP contribution in [0.4, 0.5) is 21.5 Å². The van der Waals surface area contributed by atoms with Crippen molar-refractivity contribution in [2.75, 3.05) is 11.1 Å². The summed E-state index contributed by atoms with van der Waals surface area (Å²) in [6, 6.07) is 10.5. The van der Waals surface area contributed by atoms with E-state index < -0.39 is 0 Å². The lowest BCUT2D eigenvalue weighted by atomic mass is 10.2. The Labute approximate surface area is 108 Å². The molecule has 2 nitrogen and oxygen atoms in total. The number of anilines is 3. The monoisotopic (exact) mass is 294 g/mol. The van der Waals surface area contributed by atoms with Gasteiger partial charge in [0.05, 0.1) is 11.4 Å². The fraction of sp³-hybridized carbons (Fsp3) is 0.0769. The normalized spacial score (nSPS) is 10.3. The van der Waals surface area contributed by atoms with E-state index in [1.165, 1.54) is 6.07 Å². The summed E-state index contributed by atoms with van der Waals surface area (Å²) in [5.41, 5.74) is 8.74. The van der Waals surface area contributed by atoms with E-state index in [2.05, 4.69) is 21.2 Å². The molecule has 0 saturated carbocycles. The lowest BCUT2D eigenvalue weighted by Crippen LogP contribution is -1.97. The number of nitrogens with one attached hydrogen (secondary N) is 1. The second kappa shape index (κ2) is 4.75. The molecule has 0 bridgehead atoms. The molecule has 2 rings (SSSR count). The molecule has 3 N–H and O–H groups in total. The summed E-state index contributed by atoms with van der Waals surface area (Å²) in [6.07, 6.45) is 0. The largest absolute Gasteiger partial charge is 0.397 e. The number of aryl methyl sites for hydroxylation is 1. The fourth-order valence-corrected chi connectivity index (χ4v) is 1.90. The van der Waals surface area contributed by atoms with E-state index in [0.717, 1.165) is 15.8 Å². The van der Waals surface area contributed by atoms with Crippen molar-refractivity contribution >= 4 is 33.0 Å². The number of nitrogens with two attached hydrogens (primary N) is 1. The Balaban J connectivity index is 2.28. The van der Waals surface area contributed by atoms with Gasteiger partial charge in [0, 0.05) is 10.2 Å². The van der Waals surface area contributed by atoms with Gasteiger partial charge in [-0.3, -0.25) is 0 Å². The Morgan fingerprint density at radius 1 is 1.18 bits per heavy atom. The number of nitrogen functional groups attached to an aromatic ring is 1. The van der Waals surface area contributed by atoms with Crippen molar-refractivity contribution in [1.82, 2.24) is 0 Å². The van der Waals surface area contributed by atoms with E-state index in [1.807, 2.05) is 18.2 Å². The van der Waals surface area contributed by atoms with Crippen molar-refractivity contribution in [1.29, 1.82) is 0 Å². The third-order valence-electron chi connectivity index (χ3n) is 2.45. The summed E-state index contributed by atoms with van der Waals surface area (Å²) >= 11 is 3.35. The Hall–Kier alpha value is -1.55. The van der Waals surface area contributed by atoms with Crippen molar-refractivity contribution in [2.45, 2.75) is 6.92 Å². The highest BCUT2D eigenvalue weighted by Crippen LogP contribution is 2.26. The molecule has 0 radical (unpaired) electrons. The second-order valence-electron chi connectivity index (χ2n) is 3.82. The summed E-state index contributed by atoms with van der Waals surface area (Å²) in [4.78, 5) is 0. The van der Waals surface area contributed by atoms with Crippen LogP contribution in [0.2, 0.25) is 0 Å². The molecule has 0 amide bonds. The van der Waals surface area contributed by atoms with Crippen LogP contribution in [0.3, 0.4) is 0 Å². The number of halogens is 2. The highest BCUT2D eigenvalue weighted by Gasteiger charge is 2.02. The first-order valence-corrected chi connectivity index (χ1v) is 5.94. The quantitative estimate of drug-likeness (QED) is 0.814. The molecule has 0 atom stereocenters. The molecule has 4 heteroatoms. The van der Waals surface area contributed by atoms with Crippen molar-refractivity contribution in [2.24, 2.45) is 0 Å². The van der Waals surface area contributed by atoms with E-state index >= 15 is 0 Å². The van der Waals surface area contributed by atoms with Crippen LogP contribution in [0.25, 0.3) is 0 Å². The minimum absolute atomic E-state index is 0.209. The lowest BCUT2D eigenvalue weighted by Gasteiger charge is -2.10. The Kier molecular flexibility index (Phi) is 3.33. The van der Waals surface area contributed by atoms with Gasteiger partial charge in [-0.1, -0.05) is 15.9 Å². The Morgan fingerprint density at radius 3 is 2.59 bits per heavy atom. The third-order valence-corrected chi connectivity index (χ3v) is 2.94. The maximum atomic E-state index is 13.1. The molecule has 17 heavy (non-hydrogen) atoms. The van der Waals surface area contributed by atoms with Gasteiger partial charge in [0.1, 0.15) is 5.82 Å². The number of benzene rings is 2. The summed E-state index contributed by atoms with van der Waals surface area (Å²) in [7, 11) is 0. The molecule has 0 spiro atoms. The first-order chi connectivity index (χ1) is 8.06. The Bertz CT molecular complexity index is 555. The van der Waals surface area contributed by atoms with E-state index in [4.69, 9.17) is 5.73 Å². The molecule has 0 fully saturated rings. The summed E-state index contributed by atoms with van der Waals surface area (Å²) in [5.74, 6) is -0.209. The van der Waals surface area contributed by atoms with Gasteiger partial charge < -0.3 is 11.1 Å². The Morgan fingerprint density at radius 2 is 1.94 bits per heavy atom. The molecule has 2 aromatic carbocycles. The fourth-order valence-electron chi connectivity index (χ4n) is 1.53. The molecule has 2 aromatic rings. The maximum absolute atomic E-state index is 13.1. The third kappa shape index (κ3) is 2.77. The predicted molar refractivity (Wildman–Crippen MR) is 73.0 cm³/mol. The van der Waals surface area contributed by atoms with Crippen LogP contribution in [0.1, 0.15) is 5.56 Å². The van der Waals surface area contributed by atoms with Gasteiger partial charge in [-0.05, 0) is 48.9 Å². The van der Waals surface area contributed by atoms with Crippen LogP contribution >= 0.6 is 15.9 Å². The van der Waals surface area contributed by atoms with Crippen LogP contribution in [-0.4, -0.2) is 0 Å². The van der Waals surface area contributed by atoms with Gasteiger partial charge in [0.25, 0.3) is 0 Å². The van der Waals surface area contributed by atoms with E-state index in [-0.39, 0.29) is 5.82 Å². The highest BCUT2D eigenvalue weighted by atomic mass is 79.9. The highest BCUT2D eigenvalue weighted by molar-refractivity contribution is 9.10. The van der Waals surface area contributed by atoms with Gasteiger partial charge in [-0.15, -0.1) is 0 Å². The molecule has 0 aliphatic carbocycles. The molecule has 0 aliphatic heterocycles. The van der Waals surface area contributed by atoms with Gasteiger partial charge in [-0.2, -0.15) is 0 Å². The van der Waals surface area contributed by atoms with E-state index in [0.29, 0.717) is 11.3 Å². The standard InChI is InChI=1S/C13H12BrFN2/c1-8-6-10(3-4-11(8)15)17-13-5-2-9(14)7-12(13)16/h2-7,17H,16H2,1H3. The van der Waals surface area contributed by atoms with Crippen LogP contribution in [0.15, 0.2) is 40.9 Å². The zero-order valence-electron chi connectivity index (χ0n) is 9.30. The van der Waals surface area contributed by atoms with Crippen LogP contribution in [-0.2, 0) is 0 Å². The number of hydrogen-bond acceptors (Lipinski definition) is 2. The van der Waals surface area contributed by atoms with Gasteiger partial charge in [0.15, 0.2) is 0 Å². The second-order valence-corrected chi connectivity index (χ2v) is 4.74. The maximum Gasteiger partial charge on any atom is 0.126 e.